The maximum Gasteiger partial charge on any atom is 0.101 e. The molecule has 0 saturated heterocycles. The van der Waals surface area contributed by atoms with Crippen LogP contribution in [0, 0.1) is 0 Å². The van der Waals surface area contributed by atoms with Crippen LogP contribution in [0.2, 0.25) is 0 Å². The van der Waals surface area contributed by atoms with E-state index in [-0.39, 0.29) is 0 Å². The average molecular weight is 603 g/mol. The summed E-state index contributed by atoms with van der Waals surface area (Å²) in [4.78, 5) is 5.41. The van der Waals surface area contributed by atoms with Crippen molar-refractivity contribution in [3.63, 3.8) is 0 Å². The minimum atomic E-state index is 0.640. The van der Waals surface area contributed by atoms with E-state index in [0.29, 0.717) is 6.17 Å². The van der Waals surface area contributed by atoms with Crippen molar-refractivity contribution in [2.24, 2.45) is 0 Å². The van der Waals surface area contributed by atoms with Crippen LogP contribution >= 0.6 is 0 Å². The van der Waals surface area contributed by atoms with Gasteiger partial charge in [-0.3, -0.25) is 0 Å². The molecule has 0 bridgehead atoms. The van der Waals surface area contributed by atoms with Gasteiger partial charge >= 0.3 is 0 Å². The molecule has 2 nitrogen and oxygen atoms in total. The Morgan fingerprint density at radius 2 is 0.535 bits per heavy atom. The van der Waals surface area contributed by atoms with E-state index < -0.39 is 0 Å². The molecule has 43 heavy (non-hydrogen) atoms. The van der Waals surface area contributed by atoms with Gasteiger partial charge in [0, 0.05) is 25.5 Å². The lowest BCUT2D eigenvalue weighted by Gasteiger charge is -2.33. The summed E-state index contributed by atoms with van der Waals surface area (Å²) in [6.07, 6.45) is 53.0. The second-order valence-corrected chi connectivity index (χ2v) is 14.3. The third kappa shape index (κ3) is 25.2. The number of unbranched alkanes of at least 4 members (excludes halogenated alkanes) is 29. The van der Waals surface area contributed by atoms with Crippen molar-refractivity contribution >= 4 is 0 Å². The highest BCUT2D eigenvalue weighted by atomic mass is 15.4. The topological polar surface area (TPSA) is 6.48 Å². The third-order valence-electron chi connectivity index (χ3n) is 10.1. The Morgan fingerprint density at radius 1 is 0.302 bits per heavy atom. The lowest BCUT2D eigenvalue weighted by Crippen LogP contribution is -2.39. The summed E-state index contributed by atoms with van der Waals surface area (Å²) in [5.41, 5.74) is 0. The highest BCUT2D eigenvalue weighted by molar-refractivity contribution is 4.97. The summed E-state index contributed by atoms with van der Waals surface area (Å²) in [7, 11) is 0. The molecule has 2 heteroatoms. The van der Waals surface area contributed by atoms with Crippen LogP contribution in [0.3, 0.4) is 0 Å². The zero-order valence-electron chi connectivity index (χ0n) is 30.4. The fourth-order valence-electron chi connectivity index (χ4n) is 7.07. The van der Waals surface area contributed by atoms with Gasteiger partial charge in [0.25, 0.3) is 0 Å². The second-order valence-electron chi connectivity index (χ2n) is 14.3. The number of rotatable bonds is 35. The summed E-state index contributed by atoms with van der Waals surface area (Å²) in [6.45, 7) is 9.48. The standard InChI is InChI=1S/C41H82N2/c1-4-7-10-13-15-17-19-21-22-23-24-25-27-29-31-33-36-41-42(37-34-12-9-6-3)39-40-43(41)38-35-32-30-28-26-20-18-16-14-11-8-5-2/h39-41H,4-38H2,1-3H3. The molecule has 0 aromatic carbocycles. The molecule has 1 atom stereocenters. The third-order valence-corrected chi connectivity index (χ3v) is 10.1. The van der Waals surface area contributed by atoms with Crippen molar-refractivity contribution in [2.45, 2.75) is 239 Å². The van der Waals surface area contributed by atoms with E-state index in [0.717, 1.165) is 0 Å². The quantitative estimate of drug-likeness (QED) is 0.0666. The van der Waals surface area contributed by atoms with Gasteiger partial charge < -0.3 is 9.80 Å². The van der Waals surface area contributed by atoms with Gasteiger partial charge in [-0.1, -0.05) is 207 Å². The normalized spacial score (nSPS) is 14.9. The van der Waals surface area contributed by atoms with Crippen LogP contribution < -0.4 is 0 Å². The monoisotopic (exact) mass is 603 g/mol. The molecular formula is C41H82N2. The summed E-state index contributed by atoms with van der Waals surface area (Å²) < 4.78 is 0. The molecule has 0 aliphatic carbocycles. The van der Waals surface area contributed by atoms with Crippen LogP contribution in [0.25, 0.3) is 0 Å². The summed E-state index contributed by atoms with van der Waals surface area (Å²) >= 11 is 0. The molecule has 1 heterocycles. The van der Waals surface area contributed by atoms with Gasteiger partial charge in [-0.25, -0.2) is 0 Å². The minimum Gasteiger partial charge on any atom is -0.356 e. The summed E-state index contributed by atoms with van der Waals surface area (Å²) in [5.74, 6) is 0. The number of hydrogen-bond acceptors (Lipinski definition) is 2. The van der Waals surface area contributed by atoms with E-state index in [1.807, 2.05) is 0 Å². The Morgan fingerprint density at radius 3 is 0.837 bits per heavy atom. The Bertz CT molecular complexity index is 558. The van der Waals surface area contributed by atoms with E-state index in [4.69, 9.17) is 0 Å². The molecule has 0 aromatic rings. The Labute approximate surface area is 273 Å². The SMILES string of the molecule is CCCCCCCCCCCCCCCCCCC1N(CCCCCC)C=CN1CCCCCCCCCCCCCC. The fraction of sp³-hybridized carbons (Fsp3) is 0.951. The summed E-state index contributed by atoms with van der Waals surface area (Å²) in [5, 5.41) is 0. The predicted molar refractivity (Wildman–Crippen MR) is 196 cm³/mol. The molecule has 0 N–H and O–H groups in total. The molecule has 0 spiro atoms. The average Bonchev–Trinajstić information content (AvgIpc) is 3.40. The van der Waals surface area contributed by atoms with Gasteiger partial charge in [0.15, 0.2) is 0 Å². The van der Waals surface area contributed by atoms with Crippen LogP contribution in [0.15, 0.2) is 12.4 Å². The van der Waals surface area contributed by atoms with Crippen LogP contribution in [-0.4, -0.2) is 29.1 Å². The lowest BCUT2D eigenvalue weighted by atomic mass is 10.0. The first-order valence-electron chi connectivity index (χ1n) is 20.5. The van der Waals surface area contributed by atoms with Gasteiger partial charge in [-0.05, 0) is 25.7 Å². The molecule has 1 aliphatic rings. The van der Waals surface area contributed by atoms with Crippen LogP contribution in [0.4, 0.5) is 0 Å². The van der Waals surface area contributed by atoms with E-state index in [1.165, 1.54) is 225 Å². The van der Waals surface area contributed by atoms with Crippen molar-refractivity contribution in [3.05, 3.63) is 12.4 Å². The largest absolute Gasteiger partial charge is 0.356 e. The maximum absolute atomic E-state index is 2.71. The lowest BCUT2D eigenvalue weighted by molar-refractivity contribution is 0.135. The molecule has 1 aliphatic heterocycles. The first kappa shape index (κ1) is 40.4. The molecule has 1 rings (SSSR count). The van der Waals surface area contributed by atoms with Crippen molar-refractivity contribution in [2.75, 3.05) is 13.1 Å². The molecule has 0 fully saturated rings. The zero-order chi connectivity index (χ0) is 30.9. The van der Waals surface area contributed by atoms with Crippen molar-refractivity contribution in [1.82, 2.24) is 9.80 Å². The molecule has 0 amide bonds. The maximum atomic E-state index is 2.71. The van der Waals surface area contributed by atoms with E-state index in [1.54, 1.807) is 0 Å². The van der Waals surface area contributed by atoms with Gasteiger partial charge in [0.1, 0.15) is 6.17 Å². The molecular weight excluding hydrogens is 520 g/mol. The number of nitrogens with zero attached hydrogens (tertiary/aromatic N) is 2. The van der Waals surface area contributed by atoms with Crippen LogP contribution in [0.1, 0.15) is 233 Å². The second kappa shape index (κ2) is 32.7. The Hall–Kier alpha value is -0.660. The van der Waals surface area contributed by atoms with Crippen LogP contribution in [-0.2, 0) is 0 Å². The first-order chi connectivity index (χ1) is 21.3. The van der Waals surface area contributed by atoms with E-state index in [9.17, 15) is 0 Å². The van der Waals surface area contributed by atoms with Gasteiger partial charge in [0.2, 0.25) is 0 Å². The van der Waals surface area contributed by atoms with Crippen molar-refractivity contribution < 1.29 is 0 Å². The summed E-state index contributed by atoms with van der Waals surface area (Å²) in [6, 6.07) is 0. The molecule has 0 radical (unpaired) electrons. The van der Waals surface area contributed by atoms with Crippen molar-refractivity contribution in [3.8, 4) is 0 Å². The number of hydrogen-bond donors (Lipinski definition) is 0. The highest BCUT2D eigenvalue weighted by Crippen LogP contribution is 2.24. The minimum absolute atomic E-state index is 0.640. The fourth-order valence-corrected chi connectivity index (χ4v) is 7.07. The molecule has 1 unspecified atom stereocenters. The van der Waals surface area contributed by atoms with E-state index in [2.05, 4.69) is 43.0 Å². The van der Waals surface area contributed by atoms with E-state index >= 15 is 0 Å². The highest BCUT2D eigenvalue weighted by Gasteiger charge is 2.24. The van der Waals surface area contributed by atoms with Gasteiger partial charge in [0.05, 0.1) is 0 Å². The molecule has 256 valence electrons. The Balaban J connectivity index is 2.09. The Kier molecular flexibility index (Phi) is 30.7. The molecule has 0 saturated carbocycles. The first-order valence-corrected chi connectivity index (χ1v) is 20.5. The molecule has 0 aromatic heterocycles. The smallest absolute Gasteiger partial charge is 0.101 e. The van der Waals surface area contributed by atoms with Gasteiger partial charge in [-0.15, -0.1) is 0 Å². The predicted octanol–water partition coefficient (Wildman–Crippen LogP) is 14.3. The zero-order valence-corrected chi connectivity index (χ0v) is 30.4. The van der Waals surface area contributed by atoms with Crippen LogP contribution in [0.5, 0.6) is 0 Å². The van der Waals surface area contributed by atoms with Gasteiger partial charge in [-0.2, -0.15) is 0 Å². The van der Waals surface area contributed by atoms with Crippen molar-refractivity contribution in [1.29, 1.82) is 0 Å².